The molecule has 0 fully saturated rings. The molecule has 17 heavy (non-hydrogen) atoms. The number of likely N-dealkylation sites (N-methyl/N-ethyl adjacent to an activating group) is 1. The molecule has 0 aliphatic carbocycles. The Labute approximate surface area is 116 Å². The Balaban J connectivity index is 2.03. The molecular formula is C12H21BrN2OS. The minimum absolute atomic E-state index is 0.800. The zero-order valence-electron chi connectivity index (χ0n) is 10.5. The van der Waals surface area contributed by atoms with E-state index in [0.717, 1.165) is 39.4 Å². The van der Waals surface area contributed by atoms with Gasteiger partial charge in [-0.05, 0) is 46.9 Å². The van der Waals surface area contributed by atoms with Gasteiger partial charge in [-0.2, -0.15) is 0 Å². The minimum atomic E-state index is 0.800. The Kier molecular flexibility index (Phi) is 8.05. The standard InChI is InChI=1S/C12H21BrN2OS/c1-3-16-7-5-14-4-6-15(2)9-11-8-12(13)17-10-11/h8,10,14H,3-7,9H2,1-2H3. The van der Waals surface area contributed by atoms with Crippen LogP contribution in [0.3, 0.4) is 0 Å². The van der Waals surface area contributed by atoms with Gasteiger partial charge in [-0.25, -0.2) is 0 Å². The highest BCUT2D eigenvalue weighted by atomic mass is 79.9. The SMILES string of the molecule is CCOCCNCCN(C)Cc1csc(Br)c1. The molecule has 0 saturated carbocycles. The van der Waals surface area contributed by atoms with E-state index >= 15 is 0 Å². The smallest absolute Gasteiger partial charge is 0.0701 e. The van der Waals surface area contributed by atoms with Gasteiger partial charge in [-0.3, -0.25) is 0 Å². The Hall–Kier alpha value is 0.0600. The molecule has 1 N–H and O–H groups in total. The van der Waals surface area contributed by atoms with Crippen molar-refractivity contribution in [3.05, 3.63) is 20.8 Å². The first kappa shape index (κ1) is 15.1. The highest BCUT2D eigenvalue weighted by Gasteiger charge is 2.02. The largest absolute Gasteiger partial charge is 0.380 e. The number of hydrogen-bond acceptors (Lipinski definition) is 4. The average molecular weight is 321 g/mol. The van der Waals surface area contributed by atoms with Gasteiger partial charge >= 0.3 is 0 Å². The fourth-order valence-electron chi connectivity index (χ4n) is 1.50. The number of rotatable bonds is 9. The molecule has 0 bridgehead atoms. The summed E-state index contributed by atoms with van der Waals surface area (Å²) < 4.78 is 6.46. The summed E-state index contributed by atoms with van der Waals surface area (Å²) in [6, 6.07) is 2.18. The first-order valence-corrected chi connectivity index (χ1v) is 7.59. The van der Waals surface area contributed by atoms with Gasteiger partial charge in [0.15, 0.2) is 0 Å². The number of ether oxygens (including phenoxy) is 1. The quantitative estimate of drug-likeness (QED) is 0.708. The van der Waals surface area contributed by atoms with Crippen LogP contribution in [0.4, 0.5) is 0 Å². The summed E-state index contributed by atoms with van der Waals surface area (Å²) in [6.07, 6.45) is 0. The van der Waals surface area contributed by atoms with Crippen LogP contribution in [0.2, 0.25) is 0 Å². The van der Waals surface area contributed by atoms with Crippen molar-refractivity contribution >= 4 is 27.3 Å². The summed E-state index contributed by atoms with van der Waals surface area (Å²) >= 11 is 5.23. The molecule has 98 valence electrons. The lowest BCUT2D eigenvalue weighted by Gasteiger charge is -2.16. The van der Waals surface area contributed by atoms with E-state index in [0.29, 0.717) is 0 Å². The molecule has 0 saturated heterocycles. The van der Waals surface area contributed by atoms with Crippen LogP contribution in [-0.4, -0.2) is 44.8 Å². The van der Waals surface area contributed by atoms with E-state index < -0.39 is 0 Å². The fraction of sp³-hybridized carbons (Fsp3) is 0.667. The first-order valence-electron chi connectivity index (χ1n) is 5.92. The van der Waals surface area contributed by atoms with Crippen molar-refractivity contribution < 1.29 is 4.74 Å². The van der Waals surface area contributed by atoms with Gasteiger partial charge in [-0.1, -0.05) is 0 Å². The molecule has 0 atom stereocenters. The molecule has 1 rings (SSSR count). The molecule has 0 aliphatic rings. The summed E-state index contributed by atoms with van der Waals surface area (Å²) in [5.74, 6) is 0. The summed E-state index contributed by atoms with van der Waals surface area (Å²) in [5, 5.41) is 5.57. The number of thiophene rings is 1. The second-order valence-corrected chi connectivity index (χ2v) is 6.23. The monoisotopic (exact) mass is 320 g/mol. The third kappa shape index (κ3) is 7.16. The van der Waals surface area contributed by atoms with E-state index in [1.54, 1.807) is 11.3 Å². The van der Waals surface area contributed by atoms with E-state index in [9.17, 15) is 0 Å². The zero-order valence-corrected chi connectivity index (χ0v) is 12.9. The average Bonchev–Trinajstić information content (AvgIpc) is 2.69. The molecule has 1 heterocycles. The third-order valence-electron chi connectivity index (χ3n) is 2.37. The van der Waals surface area contributed by atoms with Crippen molar-refractivity contribution in [2.24, 2.45) is 0 Å². The van der Waals surface area contributed by atoms with Crippen molar-refractivity contribution in [1.29, 1.82) is 0 Å². The van der Waals surface area contributed by atoms with Crippen molar-refractivity contribution in [3.63, 3.8) is 0 Å². The van der Waals surface area contributed by atoms with Crippen LogP contribution in [0.5, 0.6) is 0 Å². The van der Waals surface area contributed by atoms with Crippen LogP contribution < -0.4 is 5.32 Å². The van der Waals surface area contributed by atoms with Crippen molar-refractivity contribution in [2.75, 3.05) is 39.9 Å². The molecule has 3 nitrogen and oxygen atoms in total. The lowest BCUT2D eigenvalue weighted by atomic mass is 10.3. The highest BCUT2D eigenvalue weighted by molar-refractivity contribution is 9.11. The normalized spacial score (nSPS) is 11.3. The fourth-order valence-corrected chi connectivity index (χ4v) is 2.70. The third-order valence-corrected chi connectivity index (χ3v) is 3.93. The second kappa shape index (κ2) is 9.05. The van der Waals surface area contributed by atoms with E-state index in [1.165, 1.54) is 9.35 Å². The molecule has 1 aromatic heterocycles. The summed E-state index contributed by atoms with van der Waals surface area (Å²) in [4.78, 5) is 2.32. The van der Waals surface area contributed by atoms with Crippen molar-refractivity contribution in [3.8, 4) is 0 Å². The molecule has 0 amide bonds. The van der Waals surface area contributed by atoms with Gasteiger partial charge in [0, 0.05) is 32.8 Å². The topological polar surface area (TPSA) is 24.5 Å². The predicted molar refractivity (Wildman–Crippen MR) is 77.7 cm³/mol. The second-order valence-electron chi connectivity index (χ2n) is 3.94. The van der Waals surface area contributed by atoms with Gasteiger partial charge in [0.25, 0.3) is 0 Å². The van der Waals surface area contributed by atoms with Gasteiger partial charge in [-0.15, -0.1) is 11.3 Å². The van der Waals surface area contributed by atoms with Crippen LogP contribution in [-0.2, 0) is 11.3 Å². The Morgan fingerprint density at radius 3 is 2.94 bits per heavy atom. The van der Waals surface area contributed by atoms with Crippen LogP contribution in [0.1, 0.15) is 12.5 Å². The summed E-state index contributed by atoms with van der Waals surface area (Å²) in [5.41, 5.74) is 1.37. The predicted octanol–water partition coefficient (Wildman–Crippen LogP) is 2.57. The van der Waals surface area contributed by atoms with E-state index in [2.05, 4.69) is 44.6 Å². The Bertz CT molecular complexity index is 306. The molecule has 0 radical (unpaired) electrons. The maximum absolute atomic E-state index is 5.26. The lowest BCUT2D eigenvalue weighted by molar-refractivity contribution is 0.148. The van der Waals surface area contributed by atoms with Crippen molar-refractivity contribution in [2.45, 2.75) is 13.5 Å². The minimum Gasteiger partial charge on any atom is -0.380 e. The number of nitrogens with zero attached hydrogens (tertiary/aromatic N) is 1. The van der Waals surface area contributed by atoms with Crippen molar-refractivity contribution in [1.82, 2.24) is 10.2 Å². The maximum atomic E-state index is 5.26. The first-order chi connectivity index (χ1) is 8.22. The Morgan fingerprint density at radius 2 is 2.29 bits per heavy atom. The number of halogens is 1. The van der Waals surface area contributed by atoms with Crippen LogP contribution in [0.15, 0.2) is 15.2 Å². The van der Waals surface area contributed by atoms with E-state index in [-0.39, 0.29) is 0 Å². The van der Waals surface area contributed by atoms with Crippen LogP contribution >= 0.6 is 27.3 Å². The summed E-state index contributed by atoms with van der Waals surface area (Å²) in [6.45, 7) is 7.63. The lowest BCUT2D eigenvalue weighted by Crippen LogP contribution is -2.30. The van der Waals surface area contributed by atoms with E-state index in [4.69, 9.17) is 4.74 Å². The number of nitrogens with one attached hydrogen (secondary N) is 1. The van der Waals surface area contributed by atoms with Gasteiger partial charge < -0.3 is 15.0 Å². The Morgan fingerprint density at radius 1 is 1.47 bits per heavy atom. The molecular weight excluding hydrogens is 300 g/mol. The molecule has 0 aromatic carbocycles. The molecule has 0 unspecified atom stereocenters. The van der Waals surface area contributed by atoms with Gasteiger partial charge in [0.05, 0.1) is 10.4 Å². The van der Waals surface area contributed by atoms with E-state index in [1.807, 2.05) is 6.92 Å². The summed E-state index contributed by atoms with van der Waals surface area (Å²) in [7, 11) is 2.15. The molecule has 1 aromatic rings. The molecule has 0 spiro atoms. The molecule has 0 aliphatic heterocycles. The van der Waals surface area contributed by atoms with Crippen LogP contribution in [0.25, 0.3) is 0 Å². The maximum Gasteiger partial charge on any atom is 0.0701 e. The van der Waals surface area contributed by atoms with Crippen LogP contribution in [0, 0.1) is 0 Å². The zero-order chi connectivity index (χ0) is 12.5. The highest BCUT2D eigenvalue weighted by Crippen LogP contribution is 2.21. The van der Waals surface area contributed by atoms with Gasteiger partial charge in [0.2, 0.25) is 0 Å². The molecule has 5 heteroatoms. The number of hydrogen-bond donors (Lipinski definition) is 1. The van der Waals surface area contributed by atoms with Gasteiger partial charge in [0.1, 0.15) is 0 Å².